The number of hydrogen-bond donors (Lipinski definition) is 1. The molecule has 0 amide bonds. The van der Waals surface area contributed by atoms with Crippen molar-refractivity contribution in [1.29, 1.82) is 0 Å². The van der Waals surface area contributed by atoms with Crippen LogP contribution >= 0.6 is 11.8 Å². The predicted octanol–water partition coefficient (Wildman–Crippen LogP) is 2.49. The van der Waals surface area contributed by atoms with Gasteiger partial charge >= 0.3 is 0 Å². The summed E-state index contributed by atoms with van der Waals surface area (Å²) in [6.07, 6.45) is 2.33. The second-order valence-corrected chi connectivity index (χ2v) is 7.72. The quantitative estimate of drug-likeness (QED) is 0.783. The molecule has 0 aliphatic carbocycles. The van der Waals surface area contributed by atoms with E-state index in [0.29, 0.717) is 11.8 Å². The molecule has 1 N–H and O–H groups in total. The number of rotatable bonds is 7. The van der Waals surface area contributed by atoms with Crippen LogP contribution in [0.3, 0.4) is 0 Å². The standard InChI is InChI=1S/C13H21NO2S2/c1-4-13(14-2)11-5-7-12(8-6-11)17-9-10-18(3,15)16/h5-8,13-14H,4,9-10H2,1-3H3. The van der Waals surface area contributed by atoms with Gasteiger partial charge in [0.05, 0.1) is 5.75 Å². The predicted molar refractivity (Wildman–Crippen MR) is 79.0 cm³/mol. The first kappa shape index (κ1) is 15.5. The van der Waals surface area contributed by atoms with Crippen molar-refractivity contribution >= 4 is 21.6 Å². The average molecular weight is 287 g/mol. The summed E-state index contributed by atoms with van der Waals surface area (Å²) in [6, 6.07) is 8.71. The van der Waals surface area contributed by atoms with E-state index in [-0.39, 0.29) is 5.75 Å². The summed E-state index contributed by atoms with van der Waals surface area (Å²) in [4.78, 5) is 1.12. The molecule has 0 bridgehead atoms. The van der Waals surface area contributed by atoms with Crippen LogP contribution in [0, 0.1) is 0 Å². The zero-order valence-electron chi connectivity index (χ0n) is 11.1. The Hall–Kier alpha value is -0.520. The minimum absolute atomic E-state index is 0.230. The van der Waals surface area contributed by atoms with E-state index in [9.17, 15) is 8.42 Å². The molecule has 0 fully saturated rings. The zero-order valence-corrected chi connectivity index (χ0v) is 12.8. The summed E-state index contributed by atoms with van der Waals surface area (Å²) in [5.41, 5.74) is 1.27. The van der Waals surface area contributed by atoms with Crippen LogP contribution in [0.15, 0.2) is 29.2 Å². The molecule has 3 nitrogen and oxygen atoms in total. The van der Waals surface area contributed by atoms with Crippen molar-refractivity contribution in [3.05, 3.63) is 29.8 Å². The Morgan fingerprint density at radius 1 is 1.28 bits per heavy atom. The van der Waals surface area contributed by atoms with Gasteiger partial charge in [0.1, 0.15) is 9.84 Å². The number of benzene rings is 1. The van der Waals surface area contributed by atoms with E-state index in [2.05, 4.69) is 36.5 Å². The number of sulfone groups is 1. The summed E-state index contributed by atoms with van der Waals surface area (Å²) in [5.74, 6) is 0.842. The van der Waals surface area contributed by atoms with E-state index in [1.54, 1.807) is 11.8 Å². The summed E-state index contributed by atoms with van der Waals surface area (Å²) in [6.45, 7) is 2.15. The molecule has 0 radical (unpaired) electrons. The highest BCUT2D eigenvalue weighted by molar-refractivity contribution is 8.00. The second kappa shape index (κ2) is 7.16. The third-order valence-electron chi connectivity index (χ3n) is 2.76. The van der Waals surface area contributed by atoms with Crippen molar-refractivity contribution in [3.63, 3.8) is 0 Å². The highest BCUT2D eigenvalue weighted by atomic mass is 32.2. The molecule has 1 aromatic rings. The van der Waals surface area contributed by atoms with Crippen LogP contribution in [0.1, 0.15) is 24.9 Å². The largest absolute Gasteiger partial charge is 0.313 e. The van der Waals surface area contributed by atoms with Gasteiger partial charge in [-0.2, -0.15) is 0 Å². The maximum Gasteiger partial charge on any atom is 0.148 e. The summed E-state index contributed by atoms with van der Waals surface area (Å²) in [7, 11) is -0.893. The summed E-state index contributed by atoms with van der Waals surface area (Å²) < 4.78 is 22.0. The molecule has 5 heteroatoms. The smallest absolute Gasteiger partial charge is 0.148 e. The fraction of sp³-hybridized carbons (Fsp3) is 0.538. The molecular weight excluding hydrogens is 266 g/mol. The van der Waals surface area contributed by atoms with Crippen LogP contribution in [-0.2, 0) is 9.84 Å². The van der Waals surface area contributed by atoms with Gasteiger partial charge < -0.3 is 5.32 Å². The molecule has 0 aliphatic rings. The van der Waals surface area contributed by atoms with Crippen molar-refractivity contribution < 1.29 is 8.42 Å². The van der Waals surface area contributed by atoms with Gasteiger partial charge in [0.2, 0.25) is 0 Å². The van der Waals surface area contributed by atoms with Crippen LogP contribution in [0.2, 0.25) is 0 Å². The van der Waals surface area contributed by atoms with Crippen molar-refractivity contribution in [2.45, 2.75) is 24.3 Å². The lowest BCUT2D eigenvalue weighted by Crippen LogP contribution is -2.14. The monoisotopic (exact) mass is 287 g/mol. The molecule has 102 valence electrons. The van der Waals surface area contributed by atoms with Crippen molar-refractivity contribution in [2.24, 2.45) is 0 Å². The highest BCUT2D eigenvalue weighted by Gasteiger charge is 2.06. The normalized spacial score (nSPS) is 13.5. The van der Waals surface area contributed by atoms with Gasteiger partial charge in [-0.05, 0) is 31.2 Å². The molecule has 0 saturated heterocycles. The molecule has 0 aliphatic heterocycles. The van der Waals surface area contributed by atoms with Crippen LogP contribution in [-0.4, -0.2) is 33.2 Å². The molecule has 0 saturated carbocycles. The fourth-order valence-electron chi connectivity index (χ4n) is 1.71. The number of hydrogen-bond acceptors (Lipinski definition) is 4. The van der Waals surface area contributed by atoms with E-state index in [1.807, 2.05) is 7.05 Å². The molecule has 1 rings (SSSR count). The SMILES string of the molecule is CCC(NC)c1ccc(SCCS(C)(=O)=O)cc1. The Labute approximate surface area is 114 Å². The maximum absolute atomic E-state index is 11.0. The molecule has 0 spiro atoms. The molecule has 1 atom stereocenters. The van der Waals surface area contributed by atoms with E-state index >= 15 is 0 Å². The number of thioether (sulfide) groups is 1. The molecule has 18 heavy (non-hydrogen) atoms. The first-order valence-corrected chi connectivity index (χ1v) is 9.08. The van der Waals surface area contributed by atoms with Crippen LogP contribution in [0.4, 0.5) is 0 Å². The third kappa shape index (κ3) is 5.42. The van der Waals surface area contributed by atoms with Gasteiger partial charge in [0.15, 0.2) is 0 Å². The van der Waals surface area contributed by atoms with E-state index in [4.69, 9.17) is 0 Å². The van der Waals surface area contributed by atoms with Gasteiger partial charge in [0.25, 0.3) is 0 Å². The van der Waals surface area contributed by atoms with Gasteiger partial charge in [-0.15, -0.1) is 11.8 Å². The Bertz CT molecular complexity index is 450. The zero-order chi connectivity index (χ0) is 13.6. The van der Waals surface area contributed by atoms with E-state index < -0.39 is 9.84 Å². The first-order valence-electron chi connectivity index (χ1n) is 6.04. The fourth-order valence-corrected chi connectivity index (χ4v) is 3.82. The van der Waals surface area contributed by atoms with Crippen LogP contribution < -0.4 is 5.32 Å². The second-order valence-electron chi connectivity index (χ2n) is 4.30. The minimum atomic E-state index is -2.85. The number of nitrogens with one attached hydrogen (secondary N) is 1. The third-order valence-corrected chi connectivity index (χ3v) is 4.98. The van der Waals surface area contributed by atoms with E-state index in [1.165, 1.54) is 11.8 Å². The topological polar surface area (TPSA) is 46.2 Å². The van der Waals surface area contributed by atoms with Crippen LogP contribution in [0.5, 0.6) is 0 Å². The Kier molecular flexibility index (Phi) is 6.18. The van der Waals surface area contributed by atoms with Gasteiger partial charge in [0, 0.05) is 22.9 Å². The van der Waals surface area contributed by atoms with Gasteiger partial charge in [-0.3, -0.25) is 0 Å². The van der Waals surface area contributed by atoms with Crippen LogP contribution in [0.25, 0.3) is 0 Å². The Morgan fingerprint density at radius 3 is 2.33 bits per heavy atom. The summed E-state index contributed by atoms with van der Waals surface area (Å²) >= 11 is 1.58. The van der Waals surface area contributed by atoms with Crippen molar-refractivity contribution in [1.82, 2.24) is 5.32 Å². The molecule has 1 aromatic carbocycles. The van der Waals surface area contributed by atoms with Gasteiger partial charge in [-0.25, -0.2) is 8.42 Å². The minimum Gasteiger partial charge on any atom is -0.313 e. The lowest BCUT2D eigenvalue weighted by atomic mass is 10.1. The Balaban J connectivity index is 2.55. The molecule has 0 aromatic heterocycles. The van der Waals surface area contributed by atoms with Crippen molar-refractivity contribution in [3.8, 4) is 0 Å². The summed E-state index contributed by atoms with van der Waals surface area (Å²) in [5, 5.41) is 3.26. The molecule has 1 unspecified atom stereocenters. The molecule has 0 heterocycles. The first-order chi connectivity index (χ1) is 8.46. The van der Waals surface area contributed by atoms with Gasteiger partial charge in [-0.1, -0.05) is 19.1 Å². The Morgan fingerprint density at radius 2 is 1.89 bits per heavy atom. The van der Waals surface area contributed by atoms with Crippen molar-refractivity contribution in [2.75, 3.05) is 24.8 Å². The highest BCUT2D eigenvalue weighted by Crippen LogP contribution is 2.22. The van der Waals surface area contributed by atoms with E-state index in [0.717, 1.165) is 11.3 Å². The average Bonchev–Trinajstić information content (AvgIpc) is 2.31. The lowest BCUT2D eigenvalue weighted by Gasteiger charge is -2.14. The molecular formula is C13H21NO2S2. The lowest BCUT2D eigenvalue weighted by molar-refractivity contribution is 0.576. The maximum atomic E-state index is 11.0.